The van der Waals surface area contributed by atoms with Crippen molar-refractivity contribution in [2.45, 2.75) is 20.5 Å². The summed E-state index contributed by atoms with van der Waals surface area (Å²) in [6.07, 6.45) is 0. The Hall–Kier alpha value is -2.75. The number of hydrogen-bond acceptors (Lipinski definition) is 4. The first kappa shape index (κ1) is 21.9. The van der Waals surface area contributed by atoms with Crippen LogP contribution in [0.2, 0.25) is 0 Å². The third-order valence-corrected chi connectivity index (χ3v) is 5.19. The molecule has 8 heteroatoms. The molecule has 3 aromatic rings. The molecule has 0 saturated heterocycles. The molecule has 0 unspecified atom stereocenters. The van der Waals surface area contributed by atoms with Gasteiger partial charge in [-0.3, -0.25) is 4.79 Å². The predicted molar refractivity (Wildman–Crippen MR) is 116 cm³/mol. The van der Waals surface area contributed by atoms with Gasteiger partial charge in [0.1, 0.15) is 5.75 Å². The van der Waals surface area contributed by atoms with Gasteiger partial charge in [-0.1, -0.05) is 0 Å². The van der Waals surface area contributed by atoms with Crippen molar-refractivity contribution < 1.29 is 27.8 Å². The highest BCUT2D eigenvalue weighted by Gasteiger charge is 2.19. The van der Waals surface area contributed by atoms with Crippen molar-refractivity contribution in [3.05, 3.63) is 80.7 Å². The lowest BCUT2D eigenvalue weighted by atomic mass is 10.1. The lowest BCUT2D eigenvalue weighted by Crippen LogP contribution is -2.15. The summed E-state index contributed by atoms with van der Waals surface area (Å²) in [5.74, 6) is -0.843. The molecule has 5 nitrogen and oxygen atoms in total. The molecule has 1 heterocycles. The normalized spacial score (nSPS) is 10.9. The number of aromatic nitrogens is 1. The second kappa shape index (κ2) is 9.38. The zero-order valence-corrected chi connectivity index (χ0v) is 18.4. The van der Waals surface area contributed by atoms with Crippen LogP contribution in [0.15, 0.2) is 54.6 Å². The van der Waals surface area contributed by atoms with Crippen LogP contribution in [0.4, 0.5) is 8.78 Å². The SMILES string of the molecule is Cc1cc(C(=O)COC(=O)c2ccc(I)cc2)c(C)n1-c1ccc(OC(F)F)cc1. The first-order valence-electron chi connectivity index (χ1n) is 8.96. The molecule has 156 valence electrons. The zero-order chi connectivity index (χ0) is 21.8. The molecule has 0 bridgehead atoms. The van der Waals surface area contributed by atoms with Gasteiger partial charge in [-0.25, -0.2) is 4.79 Å². The first-order chi connectivity index (χ1) is 14.3. The van der Waals surface area contributed by atoms with Gasteiger partial charge in [-0.05, 0) is 91.0 Å². The van der Waals surface area contributed by atoms with Crippen LogP contribution in [0.5, 0.6) is 5.75 Å². The molecule has 0 aliphatic rings. The molecule has 0 radical (unpaired) electrons. The number of carbonyl (C=O) groups is 2. The smallest absolute Gasteiger partial charge is 0.387 e. The zero-order valence-electron chi connectivity index (χ0n) is 16.2. The minimum atomic E-state index is -2.89. The third-order valence-electron chi connectivity index (χ3n) is 4.47. The summed E-state index contributed by atoms with van der Waals surface area (Å²) in [4.78, 5) is 24.8. The Morgan fingerprint density at radius 3 is 2.27 bits per heavy atom. The number of nitrogens with zero attached hydrogens (tertiary/aromatic N) is 1. The summed E-state index contributed by atoms with van der Waals surface area (Å²) >= 11 is 2.13. The first-order valence-corrected chi connectivity index (χ1v) is 10.0. The van der Waals surface area contributed by atoms with Crippen molar-refractivity contribution in [2.75, 3.05) is 6.61 Å². The van der Waals surface area contributed by atoms with E-state index in [-0.39, 0.29) is 18.1 Å². The van der Waals surface area contributed by atoms with Gasteiger partial charge < -0.3 is 14.0 Å². The summed E-state index contributed by atoms with van der Waals surface area (Å²) in [5, 5.41) is 0. The molecule has 0 aliphatic heterocycles. The van der Waals surface area contributed by atoms with Crippen molar-refractivity contribution in [1.29, 1.82) is 0 Å². The Labute approximate surface area is 185 Å². The van der Waals surface area contributed by atoms with Gasteiger partial charge in [0.15, 0.2) is 6.61 Å². The van der Waals surface area contributed by atoms with E-state index in [0.717, 1.165) is 9.26 Å². The standard InChI is InChI=1S/C22H18F2INO4/c1-13-11-19(20(27)12-29-21(28)15-3-5-16(25)6-4-15)14(2)26(13)17-7-9-18(10-8-17)30-22(23)24/h3-11,22H,12H2,1-2H3. The van der Waals surface area contributed by atoms with E-state index in [1.54, 1.807) is 49.4 Å². The fourth-order valence-corrected chi connectivity index (χ4v) is 3.46. The van der Waals surface area contributed by atoms with Crippen molar-refractivity contribution in [2.24, 2.45) is 0 Å². The van der Waals surface area contributed by atoms with Crippen molar-refractivity contribution in [3.63, 3.8) is 0 Å². The molecule has 3 rings (SSSR count). The average Bonchev–Trinajstić information content (AvgIpc) is 3.01. The molecule has 30 heavy (non-hydrogen) atoms. The van der Waals surface area contributed by atoms with Gasteiger partial charge in [-0.15, -0.1) is 0 Å². The highest BCUT2D eigenvalue weighted by atomic mass is 127. The number of hydrogen-bond donors (Lipinski definition) is 0. The maximum atomic E-state index is 12.6. The average molecular weight is 525 g/mol. The van der Waals surface area contributed by atoms with Gasteiger partial charge in [0.2, 0.25) is 5.78 Å². The number of halogens is 3. The number of ether oxygens (including phenoxy) is 2. The molecule has 0 N–H and O–H groups in total. The second-order valence-corrected chi connectivity index (χ2v) is 7.74. The van der Waals surface area contributed by atoms with E-state index in [1.807, 2.05) is 11.5 Å². The van der Waals surface area contributed by atoms with E-state index in [9.17, 15) is 18.4 Å². The van der Waals surface area contributed by atoms with Crippen LogP contribution in [0.25, 0.3) is 5.69 Å². The van der Waals surface area contributed by atoms with E-state index in [4.69, 9.17) is 4.74 Å². The minimum Gasteiger partial charge on any atom is -0.454 e. The maximum Gasteiger partial charge on any atom is 0.387 e. The third kappa shape index (κ3) is 5.05. The van der Waals surface area contributed by atoms with E-state index in [0.29, 0.717) is 22.5 Å². The van der Waals surface area contributed by atoms with E-state index < -0.39 is 12.6 Å². The number of benzene rings is 2. The highest BCUT2D eigenvalue weighted by Crippen LogP contribution is 2.24. The lowest BCUT2D eigenvalue weighted by molar-refractivity contribution is -0.0498. The summed E-state index contributed by atoms with van der Waals surface area (Å²) < 4.78 is 37.0. The Morgan fingerprint density at radius 1 is 1.03 bits per heavy atom. The molecule has 0 fully saturated rings. The monoisotopic (exact) mass is 525 g/mol. The molecule has 2 aromatic carbocycles. The topological polar surface area (TPSA) is 57.5 Å². The largest absolute Gasteiger partial charge is 0.454 e. The van der Waals surface area contributed by atoms with Crippen molar-refractivity contribution in [3.8, 4) is 11.4 Å². The summed E-state index contributed by atoms with van der Waals surface area (Å²) in [7, 11) is 0. The quantitative estimate of drug-likeness (QED) is 0.238. The Balaban J connectivity index is 1.73. The van der Waals surface area contributed by atoms with Crippen LogP contribution >= 0.6 is 22.6 Å². The van der Waals surface area contributed by atoms with Crippen LogP contribution in [-0.2, 0) is 4.74 Å². The van der Waals surface area contributed by atoms with Gasteiger partial charge in [0, 0.05) is 26.2 Å². The van der Waals surface area contributed by atoms with E-state index in [2.05, 4.69) is 27.3 Å². The van der Waals surface area contributed by atoms with E-state index in [1.165, 1.54) is 12.1 Å². The summed E-state index contributed by atoms with van der Waals surface area (Å²) in [5.41, 5.74) is 2.94. The fraction of sp³-hybridized carbons (Fsp3) is 0.182. The van der Waals surface area contributed by atoms with Crippen molar-refractivity contribution >= 4 is 34.3 Å². The van der Waals surface area contributed by atoms with Gasteiger partial charge >= 0.3 is 12.6 Å². The fourth-order valence-electron chi connectivity index (χ4n) is 3.10. The molecule has 0 aliphatic carbocycles. The lowest BCUT2D eigenvalue weighted by Gasteiger charge is -2.11. The maximum absolute atomic E-state index is 12.6. The van der Waals surface area contributed by atoms with Crippen LogP contribution in [0.3, 0.4) is 0 Å². The van der Waals surface area contributed by atoms with Crippen LogP contribution in [0, 0.1) is 17.4 Å². The van der Waals surface area contributed by atoms with Gasteiger partial charge in [-0.2, -0.15) is 8.78 Å². The second-order valence-electron chi connectivity index (χ2n) is 6.50. The number of rotatable bonds is 7. The predicted octanol–water partition coefficient (Wildman–Crippen LogP) is 5.34. The summed E-state index contributed by atoms with van der Waals surface area (Å²) in [6, 6.07) is 14.7. The molecule has 1 aromatic heterocycles. The van der Waals surface area contributed by atoms with Crippen molar-refractivity contribution in [1.82, 2.24) is 4.57 Å². The minimum absolute atomic E-state index is 0.0509. The summed E-state index contributed by atoms with van der Waals surface area (Å²) in [6.45, 7) is 0.323. The molecule has 0 saturated carbocycles. The number of aryl methyl sites for hydroxylation is 1. The Bertz CT molecular complexity index is 1060. The number of alkyl halides is 2. The molecule has 0 amide bonds. The van der Waals surface area contributed by atoms with E-state index >= 15 is 0 Å². The van der Waals surface area contributed by atoms with Crippen LogP contribution < -0.4 is 4.74 Å². The molecule has 0 spiro atoms. The number of ketones is 1. The highest BCUT2D eigenvalue weighted by molar-refractivity contribution is 14.1. The number of esters is 1. The van der Waals surface area contributed by atoms with Crippen LogP contribution in [0.1, 0.15) is 32.1 Å². The molecule has 0 atom stereocenters. The number of Topliss-reactive ketones (excluding diaryl/α,β-unsaturated/α-hetero) is 1. The Morgan fingerprint density at radius 2 is 1.67 bits per heavy atom. The molecular weight excluding hydrogens is 507 g/mol. The van der Waals surface area contributed by atoms with Crippen LogP contribution in [-0.4, -0.2) is 29.5 Å². The Kier molecular flexibility index (Phi) is 6.86. The molecular formula is C22H18F2INO4. The van der Waals surface area contributed by atoms with Gasteiger partial charge in [0.05, 0.1) is 5.56 Å². The number of carbonyl (C=O) groups excluding carboxylic acids is 2. The van der Waals surface area contributed by atoms with Gasteiger partial charge in [0.25, 0.3) is 0 Å².